The maximum absolute atomic E-state index is 5.27. The van der Waals surface area contributed by atoms with Crippen molar-refractivity contribution in [2.75, 3.05) is 32.2 Å². The lowest BCUT2D eigenvalue weighted by Crippen LogP contribution is -2.23. The first-order valence-corrected chi connectivity index (χ1v) is 5.30. The summed E-state index contributed by atoms with van der Waals surface area (Å²) in [6.45, 7) is 5.12. The van der Waals surface area contributed by atoms with Crippen LogP contribution in [0.15, 0.2) is 12.4 Å². The molecule has 0 atom stereocenters. The minimum Gasteiger partial charge on any atom is -0.380 e. The van der Waals surface area contributed by atoms with Crippen molar-refractivity contribution in [2.45, 2.75) is 13.5 Å². The van der Waals surface area contributed by atoms with E-state index in [1.165, 1.54) is 0 Å². The van der Waals surface area contributed by atoms with Crippen LogP contribution >= 0.6 is 0 Å². The zero-order chi connectivity index (χ0) is 11.8. The van der Waals surface area contributed by atoms with Gasteiger partial charge in [-0.25, -0.2) is 10.8 Å². The Kier molecular flexibility index (Phi) is 5.69. The number of likely N-dealkylation sites (N-methyl/N-ethyl adjacent to an activating group) is 1. The summed E-state index contributed by atoms with van der Waals surface area (Å²) in [6, 6.07) is 0. The van der Waals surface area contributed by atoms with E-state index in [1.54, 1.807) is 12.4 Å². The Bertz CT molecular complexity index is 290. The first-order valence-electron chi connectivity index (χ1n) is 5.30. The number of anilines is 1. The second kappa shape index (κ2) is 7.10. The maximum Gasteiger partial charge on any atom is 0.158 e. The number of hydrazine groups is 1. The van der Waals surface area contributed by atoms with Crippen molar-refractivity contribution in [3.05, 3.63) is 18.1 Å². The highest BCUT2D eigenvalue weighted by atomic mass is 16.5. The Balaban J connectivity index is 2.34. The topological polar surface area (TPSA) is 76.3 Å². The summed E-state index contributed by atoms with van der Waals surface area (Å²) in [5.41, 5.74) is 3.36. The van der Waals surface area contributed by atoms with Crippen LogP contribution in [0.3, 0.4) is 0 Å². The lowest BCUT2D eigenvalue weighted by atomic mass is 10.4. The Morgan fingerprint density at radius 3 is 2.81 bits per heavy atom. The smallest absolute Gasteiger partial charge is 0.158 e. The second-order valence-electron chi connectivity index (χ2n) is 3.47. The van der Waals surface area contributed by atoms with Crippen molar-refractivity contribution in [3.8, 4) is 0 Å². The molecule has 0 amide bonds. The van der Waals surface area contributed by atoms with Gasteiger partial charge in [-0.05, 0) is 14.0 Å². The van der Waals surface area contributed by atoms with E-state index in [1.807, 2.05) is 14.0 Å². The molecule has 1 heterocycles. The number of ether oxygens (including phenoxy) is 1. The Morgan fingerprint density at radius 2 is 2.25 bits per heavy atom. The number of rotatable bonds is 7. The van der Waals surface area contributed by atoms with Crippen molar-refractivity contribution >= 4 is 5.82 Å². The monoisotopic (exact) mass is 225 g/mol. The zero-order valence-corrected chi connectivity index (χ0v) is 9.81. The number of nitrogens with two attached hydrogens (primary N) is 1. The van der Waals surface area contributed by atoms with Gasteiger partial charge in [0.25, 0.3) is 0 Å². The summed E-state index contributed by atoms with van der Waals surface area (Å²) >= 11 is 0. The Morgan fingerprint density at radius 1 is 1.44 bits per heavy atom. The molecule has 16 heavy (non-hydrogen) atoms. The number of nitrogens with zero attached hydrogens (tertiary/aromatic N) is 3. The molecule has 0 aliphatic carbocycles. The molecule has 0 spiro atoms. The summed E-state index contributed by atoms with van der Waals surface area (Å²) in [5.74, 6) is 5.77. The van der Waals surface area contributed by atoms with Crippen LogP contribution in [0.5, 0.6) is 0 Å². The van der Waals surface area contributed by atoms with E-state index in [0.29, 0.717) is 5.82 Å². The van der Waals surface area contributed by atoms with Gasteiger partial charge in [0, 0.05) is 19.7 Å². The molecule has 90 valence electrons. The normalized spacial score (nSPS) is 10.8. The number of nitrogen functional groups attached to an aromatic ring is 1. The molecule has 1 aromatic rings. The summed E-state index contributed by atoms with van der Waals surface area (Å²) in [4.78, 5) is 10.5. The van der Waals surface area contributed by atoms with E-state index in [2.05, 4.69) is 20.3 Å². The second-order valence-corrected chi connectivity index (χ2v) is 3.47. The van der Waals surface area contributed by atoms with Crippen LogP contribution in [-0.2, 0) is 11.3 Å². The third-order valence-electron chi connectivity index (χ3n) is 2.11. The molecular formula is C10H19N5O. The van der Waals surface area contributed by atoms with Gasteiger partial charge < -0.3 is 10.2 Å². The van der Waals surface area contributed by atoms with Gasteiger partial charge in [-0.1, -0.05) is 0 Å². The molecule has 3 N–H and O–H groups in total. The number of hydrogen-bond acceptors (Lipinski definition) is 6. The van der Waals surface area contributed by atoms with E-state index >= 15 is 0 Å². The van der Waals surface area contributed by atoms with E-state index < -0.39 is 0 Å². The van der Waals surface area contributed by atoms with Crippen molar-refractivity contribution in [3.63, 3.8) is 0 Å². The minimum atomic E-state index is 0.570. The van der Waals surface area contributed by atoms with Crippen molar-refractivity contribution in [2.24, 2.45) is 5.84 Å². The van der Waals surface area contributed by atoms with E-state index in [9.17, 15) is 0 Å². The molecule has 1 aromatic heterocycles. The molecule has 1 rings (SSSR count). The van der Waals surface area contributed by atoms with Crippen LogP contribution in [0.2, 0.25) is 0 Å². The highest BCUT2D eigenvalue weighted by molar-refractivity contribution is 5.28. The van der Waals surface area contributed by atoms with Gasteiger partial charge in [-0.2, -0.15) is 0 Å². The zero-order valence-electron chi connectivity index (χ0n) is 9.81. The Hall–Kier alpha value is -1.24. The lowest BCUT2D eigenvalue weighted by molar-refractivity contribution is 0.120. The quantitative estimate of drug-likeness (QED) is 0.393. The molecule has 0 saturated heterocycles. The molecule has 0 bridgehead atoms. The molecule has 0 radical (unpaired) electrons. The fourth-order valence-corrected chi connectivity index (χ4v) is 1.23. The van der Waals surface area contributed by atoms with Crippen LogP contribution in [0.25, 0.3) is 0 Å². The number of aromatic nitrogens is 2. The number of nitrogens with one attached hydrogen (secondary N) is 1. The predicted octanol–water partition coefficient (Wildman–Crippen LogP) is 0.231. The van der Waals surface area contributed by atoms with Crippen LogP contribution in [-0.4, -0.2) is 41.7 Å². The van der Waals surface area contributed by atoms with Crippen LogP contribution in [0, 0.1) is 0 Å². The third-order valence-corrected chi connectivity index (χ3v) is 2.11. The number of hydrogen-bond donors (Lipinski definition) is 2. The molecule has 0 unspecified atom stereocenters. The molecule has 6 nitrogen and oxygen atoms in total. The van der Waals surface area contributed by atoms with E-state index in [0.717, 1.165) is 32.0 Å². The molecule has 0 saturated carbocycles. The molecule has 6 heteroatoms. The summed E-state index contributed by atoms with van der Waals surface area (Å²) in [5, 5.41) is 0. The van der Waals surface area contributed by atoms with Gasteiger partial charge in [0.15, 0.2) is 5.82 Å². The van der Waals surface area contributed by atoms with Gasteiger partial charge in [-0.15, -0.1) is 0 Å². The van der Waals surface area contributed by atoms with Gasteiger partial charge in [0.05, 0.1) is 24.7 Å². The Labute approximate surface area is 95.8 Å². The predicted molar refractivity (Wildman–Crippen MR) is 62.7 cm³/mol. The molecule has 0 fully saturated rings. The van der Waals surface area contributed by atoms with E-state index in [4.69, 9.17) is 10.6 Å². The minimum absolute atomic E-state index is 0.570. The van der Waals surface area contributed by atoms with Gasteiger partial charge in [0.1, 0.15) is 0 Å². The summed E-state index contributed by atoms with van der Waals surface area (Å²) in [7, 11) is 2.02. The highest BCUT2D eigenvalue weighted by Gasteiger charge is 2.02. The molecule has 0 aromatic carbocycles. The maximum atomic E-state index is 5.27. The van der Waals surface area contributed by atoms with Gasteiger partial charge >= 0.3 is 0 Å². The SMILES string of the molecule is CCOCCN(C)Cc1cnc(NN)cn1. The fourth-order valence-electron chi connectivity index (χ4n) is 1.23. The standard InChI is InChI=1S/C10H19N5O/c1-3-16-5-4-15(2)8-9-6-13-10(14-11)7-12-9/h6-7H,3-5,8,11H2,1-2H3,(H,13,14). The molecule has 0 aliphatic rings. The molecular weight excluding hydrogens is 206 g/mol. The van der Waals surface area contributed by atoms with Gasteiger partial charge in [-0.3, -0.25) is 9.88 Å². The third kappa shape index (κ3) is 4.52. The fraction of sp³-hybridized carbons (Fsp3) is 0.600. The first kappa shape index (κ1) is 12.8. The van der Waals surface area contributed by atoms with Crippen LogP contribution < -0.4 is 11.3 Å². The largest absolute Gasteiger partial charge is 0.380 e. The highest BCUT2D eigenvalue weighted by Crippen LogP contribution is 2.01. The lowest BCUT2D eigenvalue weighted by Gasteiger charge is -2.15. The van der Waals surface area contributed by atoms with Crippen LogP contribution in [0.1, 0.15) is 12.6 Å². The van der Waals surface area contributed by atoms with E-state index in [-0.39, 0.29) is 0 Å². The first-order chi connectivity index (χ1) is 7.76. The summed E-state index contributed by atoms with van der Waals surface area (Å²) < 4.78 is 5.27. The average Bonchev–Trinajstić information content (AvgIpc) is 2.30. The van der Waals surface area contributed by atoms with Crippen molar-refractivity contribution in [1.82, 2.24) is 14.9 Å². The van der Waals surface area contributed by atoms with Gasteiger partial charge in [0.2, 0.25) is 0 Å². The van der Waals surface area contributed by atoms with Crippen LogP contribution in [0.4, 0.5) is 5.82 Å². The van der Waals surface area contributed by atoms with Crippen molar-refractivity contribution < 1.29 is 4.74 Å². The molecule has 0 aliphatic heterocycles. The van der Waals surface area contributed by atoms with Crippen molar-refractivity contribution in [1.29, 1.82) is 0 Å². The summed E-state index contributed by atoms with van der Waals surface area (Å²) in [6.07, 6.45) is 3.33. The average molecular weight is 225 g/mol.